The Morgan fingerprint density at radius 3 is 2.45 bits per heavy atom. The summed E-state index contributed by atoms with van der Waals surface area (Å²) in [7, 11) is 3.07. The SMILES string of the molecule is COc1ccc2c(=O)c3cc(OC)cc(Cl)c3oc2c1. The van der Waals surface area contributed by atoms with Crippen molar-refractivity contribution in [3.8, 4) is 11.5 Å². The van der Waals surface area contributed by atoms with Gasteiger partial charge in [-0.3, -0.25) is 4.79 Å². The predicted molar refractivity (Wildman–Crippen MR) is 78.1 cm³/mol. The van der Waals surface area contributed by atoms with Gasteiger partial charge in [-0.15, -0.1) is 0 Å². The fourth-order valence-electron chi connectivity index (χ4n) is 2.12. The molecule has 0 amide bonds. The van der Waals surface area contributed by atoms with Crippen LogP contribution in [0.15, 0.2) is 39.5 Å². The lowest BCUT2D eigenvalue weighted by Gasteiger charge is -2.07. The Hall–Kier alpha value is -2.20. The monoisotopic (exact) mass is 290 g/mol. The molecule has 0 N–H and O–H groups in total. The molecule has 0 saturated carbocycles. The Labute approximate surface area is 119 Å². The summed E-state index contributed by atoms with van der Waals surface area (Å²) in [5.74, 6) is 1.13. The lowest BCUT2D eigenvalue weighted by atomic mass is 10.1. The summed E-state index contributed by atoms with van der Waals surface area (Å²) in [6, 6.07) is 8.28. The molecule has 2 aromatic carbocycles. The van der Waals surface area contributed by atoms with Gasteiger partial charge in [0.1, 0.15) is 17.1 Å². The topological polar surface area (TPSA) is 48.7 Å². The number of halogens is 1. The van der Waals surface area contributed by atoms with Crippen molar-refractivity contribution in [3.05, 3.63) is 45.6 Å². The van der Waals surface area contributed by atoms with E-state index in [0.29, 0.717) is 38.5 Å². The summed E-state index contributed by atoms with van der Waals surface area (Å²) in [6.45, 7) is 0. The molecule has 20 heavy (non-hydrogen) atoms. The van der Waals surface area contributed by atoms with E-state index in [9.17, 15) is 4.79 Å². The van der Waals surface area contributed by atoms with Crippen LogP contribution in [-0.4, -0.2) is 14.2 Å². The van der Waals surface area contributed by atoms with Crippen LogP contribution in [0.1, 0.15) is 0 Å². The number of rotatable bonds is 2. The van der Waals surface area contributed by atoms with E-state index in [1.54, 1.807) is 37.4 Å². The first kappa shape index (κ1) is 12.8. The van der Waals surface area contributed by atoms with Gasteiger partial charge in [0, 0.05) is 12.1 Å². The summed E-state index contributed by atoms with van der Waals surface area (Å²) in [5, 5.41) is 1.20. The van der Waals surface area contributed by atoms with E-state index in [1.165, 1.54) is 7.11 Å². The summed E-state index contributed by atoms with van der Waals surface area (Å²) in [6.07, 6.45) is 0. The Bertz CT molecular complexity index is 867. The molecule has 0 bridgehead atoms. The van der Waals surface area contributed by atoms with Gasteiger partial charge in [-0.2, -0.15) is 0 Å². The van der Waals surface area contributed by atoms with Crippen molar-refractivity contribution in [1.29, 1.82) is 0 Å². The maximum absolute atomic E-state index is 12.5. The molecule has 0 unspecified atom stereocenters. The fourth-order valence-corrected chi connectivity index (χ4v) is 2.36. The smallest absolute Gasteiger partial charge is 0.200 e. The molecule has 4 nitrogen and oxygen atoms in total. The molecule has 1 heterocycles. The van der Waals surface area contributed by atoms with E-state index in [1.807, 2.05) is 0 Å². The van der Waals surface area contributed by atoms with Gasteiger partial charge in [-0.1, -0.05) is 11.6 Å². The van der Waals surface area contributed by atoms with Crippen LogP contribution in [0.25, 0.3) is 21.9 Å². The average Bonchev–Trinajstić information content (AvgIpc) is 2.47. The maximum atomic E-state index is 12.5. The standard InChI is InChI=1S/C15H11ClO4/c1-18-8-3-4-10-13(7-8)20-15-11(14(10)17)5-9(19-2)6-12(15)16/h3-7H,1-2H3. The third kappa shape index (κ3) is 1.89. The average molecular weight is 291 g/mol. The minimum atomic E-state index is -0.148. The summed E-state index contributed by atoms with van der Waals surface area (Å²) in [5.41, 5.74) is 0.636. The largest absolute Gasteiger partial charge is 0.497 e. The van der Waals surface area contributed by atoms with Gasteiger partial charge in [0.25, 0.3) is 0 Å². The summed E-state index contributed by atoms with van der Waals surface area (Å²) >= 11 is 6.14. The molecule has 102 valence electrons. The van der Waals surface area contributed by atoms with Gasteiger partial charge in [0.2, 0.25) is 5.43 Å². The Balaban J connectivity index is 2.47. The van der Waals surface area contributed by atoms with Gasteiger partial charge in [-0.05, 0) is 18.2 Å². The quantitative estimate of drug-likeness (QED) is 0.676. The van der Waals surface area contributed by atoms with Crippen molar-refractivity contribution >= 4 is 33.5 Å². The molecule has 0 aliphatic heterocycles. The van der Waals surface area contributed by atoms with Crippen LogP contribution < -0.4 is 14.9 Å². The first-order chi connectivity index (χ1) is 9.63. The van der Waals surface area contributed by atoms with Gasteiger partial charge < -0.3 is 13.9 Å². The van der Waals surface area contributed by atoms with Crippen LogP contribution in [0.2, 0.25) is 5.02 Å². The number of hydrogen-bond donors (Lipinski definition) is 0. The van der Waals surface area contributed by atoms with E-state index < -0.39 is 0 Å². The molecule has 3 rings (SSSR count). The number of fused-ring (bicyclic) bond motifs is 2. The molecule has 0 aliphatic carbocycles. The van der Waals surface area contributed by atoms with E-state index in [0.717, 1.165) is 0 Å². The first-order valence-corrected chi connectivity index (χ1v) is 6.30. The van der Waals surface area contributed by atoms with E-state index in [2.05, 4.69) is 0 Å². The zero-order valence-corrected chi connectivity index (χ0v) is 11.7. The molecule has 0 saturated heterocycles. The van der Waals surface area contributed by atoms with Gasteiger partial charge in [-0.25, -0.2) is 0 Å². The maximum Gasteiger partial charge on any atom is 0.200 e. The van der Waals surface area contributed by atoms with E-state index >= 15 is 0 Å². The fraction of sp³-hybridized carbons (Fsp3) is 0.133. The van der Waals surface area contributed by atoms with Crippen molar-refractivity contribution in [3.63, 3.8) is 0 Å². The second-order valence-electron chi connectivity index (χ2n) is 4.28. The highest BCUT2D eigenvalue weighted by Crippen LogP contribution is 2.30. The molecule has 5 heteroatoms. The lowest BCUT2D eigenvalue weighted by Crippen LogP contribution is -2.03. The van der Waals surface area contributed by atoms with Crippen LogP contribution in [-0.2, 0) is 0 Å². The highest BCUT2D eigenvalue weighted by molar-refractivity contribution is 6.35. The third-order valence-electron chi connectivity index (χ3n) is 3.14. The van der Waals surface area contributed by atoms with Crippen molar-refractivity contribution in [2.75, 3.05) is 14.2 Å². The second kappa shape index (κ2) is 4.72. The zero-order valence-electron chi connectivity index (χ0n) is 10.9. The Morgan fingerprint density at radius 2 is 1.75 bits per heavy atom. The number of hydrogen-bond acceptors (Lipinski definition) is 4. The normalized spacial score (nSPS) is 10.9. The second-order valence-corrected chi connectivity index (χ2v) is 4.69. The highest BCUT2D eigenvalue weighted by atomic mass is 35.5. The molecule has 0 fully saturated rings. The van der Waals surface area contributed by atoms with E-state index in [-0.39, 0.29) is 5.43 Å². The molecular formula is C15H11ClO4. The van der Waals surface area contributed by atoms with E-state index in [4.69, 9.17) is 25.5 Å². The van der Waals surface area contributed by atoms with Gasteiger partial charge in [0.05, 0.1) is 30.0 Å². The number of ether oxygens (including phenoxy) is 2. The lowest BCUT2D eigenvalue weighted by molar-refractivity contribution is 0.414. The summed E-state index contributed by atoms with van der Waals surface area (Å²) in [4.78, 5) is 12.5. The summed E-state index contributed by atoms with van der Waals surface area (Å²) < 4.78 is 16.0. The zero-order chi connectivity index (χ0) is 14.3. The van der Waals surface area contributed by atoms with Crippen molar-refractivity contribution in [2.45, 2.75) is 0 Å². The predicted octanol–water partition coefficient (Wildman–Crippen LogP) is 3.62. The number of methoxy groups -OCH3 is 2. The van der Waals surface area contributed by atoms with Gasteiger partial charge in [0.15, 0.2) is 5.58 Å². The molecule has 0 aliphatic rings. The molecule has 1 aromatic heterocycles. The van der Waals surface area contributed by atoms with Gasteiger partial charge >= 0.3 is 0 Å². The van der Waals surface area contributed by atoms with Crippen molar-refractivity contribution in [1.82, 2.24) is 0 Å². The van der Waals surface area contributed by atoms with Crippen molar-refractivity contribution < 1.29 is 13.9 Å². The Kier molecular flexibility index (Phi) is 3.03. The van der Waals surface area contributed by atoms with Crippen LogP contribution >= 0.6 is 11.6 Å². The van der Waals surface area contributed by atoms with Crippen LogP contribution in [0, 0.1) is 0 Å². The minimum Gasteiger partial charge on any atom is -0.497 e. The Morgan fingerprint density at radius 1 is 1.00 bits per heavy atom. The van der Waals surface area contributed by atoms with Crippen LogP contribution in [0.5, 0.6) is 11.5 Å². The van der Waals surface area contributed by atoms with Crippen molar-refractivity contribution in [2.24, 2.45) is 0 Å². The van der Waals surface area contributed by atoms with Crippen LogP contribution in [0.4, 0.5) is 0 Å². The molecule has 0 spiro atoms. The highest BCUT2D eigenvalue weighted by Gasteiger charge is 2.13. The molecule has 0 radical (unpaired) electrons. The molecule has 0 atom stereocenters. The third-order valence-corrected chi connectivity index (χ3v) is 3.42. The molecule has 3 aromatic rings. The number of benzene rings is 2. The molecular weight excluding hydrogens is 280 g/mol. The van der Waals surface area contributed by atoms with Crippen LogP contribution in [0.3, 0.4) is 0 Å². The minimum absolute atomic E-state index is 0.148. The first-order valence-electron chi connectivity index (χ1n) is 5.92.